The van der Waals surface area contributed by atoms with Gasteiger partial charge in [-0.2, -0.15) is 5.10 Å². The lowest BCUT2D eigenvalue weighted by Gasteiger charge is -2.07. The summed E-state index contributed by atoms with van der Waals surface area (Å²) in [5, 5.41) is 4.43. The van der Waals surface area contributed by atoms with Gasteiger partial charge < -0.3 is 4.74 Å². The van der Waals surface area contributed by atoms with E-state index in [0.29, 0.717) is 12.5 Å². The highest BCUT2D eigenvalue weighted by molar-refractivity contribution is 9.10. The highest BCUT2D eigenvalue weighted by atomic mass is 79.9. The quantitative estimate of drug-likeness (QED) is 0.751. The normalized spacial score (nSPS) is 11.4. The maximum atomic E-state index is 5.66. The minimum Gasteiger partial charge on any atom is -0.375 e. The van der Waals surface area contributed by atoms with Crippen molar-refractivity contribution >= 4 is 15.9 Å². The third-order valence-electron chi connectivity index (χ3n) is 2.58. The zero-order valence-corrected chi connectivity index (χ0v) is 12.2. The van der Waals surface area contributed by atoms with Crippen molar-refractivity contribution in [2.45, 2.75) is 40.2 Å². The summed E-state index contributed by atoms with van der Waals surface area (Å²) in [4.78, 5) is 0. The van der Waals surface area contributed by atoms with Gasteiger partial charge in [-0.15, -0.1) is 0 Å². The average Bonchev–Trinajstić information content (AvgIpc) is 2.50. The molecule has 4 heteroatoms. The molecule has 1 heterocycles. The molecule has 0 saturated carbocycles. The largest absolute Gasteiger partial charge is 0.375 e. The van der Waals surface area contributed by atoms with Crippen molar-refractivity contribution < 1.29 is 4.74 Å². The fourth-order valence-corrected chi connectivity index (χ4v) is 2.20. The Balaban J connectivity index is 2.50. The van der Waals surface area contributed by atoms with E-state index < -0.39 is 0 Å². The number of aromatic nitrogens is 2. The molecule has 0 aliphatic carbocycles. The molecular formula is C12H21BrN2O. The average molecular weight is 289 g/mol. The molecule has 0 unspecified atom stereocenters. The summed E-state index contributed by atoms with van der Waals surface area (Å²) in [5.74, 6) is 0.696. The molecule has 0 saturated heterocycles. The predicted molar refractivity (Wildman–Crippen MR) is 69.4 cm³/mol. The van der Waals surface area contributed by atoms with Gasteiger partial charge in [0.25, 0.3) is 0 Å². The molecule has 1 rings (SSSR count). The van der Waals surface area contributed by atoms with E-state index in [4.69, 9.17) is 4.74 Å². The SMILES string of the molecule is CCc1nn(C)c(COCCC(C)C)c1Br. The fraction of sp³-hybridized carbons (Fsp3) is 0.750. The standard InChI is InChI=1S/C12H21BrN2O/c1-5-10-12(13)11(15(4)14-10)8-16-7-6-9(2)3/h9H,5-8H2,1-4H3. The second-order valence-corrected chi connectivity index (χ2v) is 5.21. The van der Waals surface area contributed by atoms with Crippen LogP contribution in [-0.4, -0.2) is 16.4 Å². The summed E-state index contributed by atoms with van der Waals surface area (Å²) in [5.41, 5.74) is 2.23. The van der Waals surface area contributed by atoms with E-state index in [-0.39, 0.29) is 0 Å². The first-order valence-corrected chi connectivity index (χ1v) is 6.63. The molecule has 0 aromatic carbocycles. The lowest BCUT2D eigenvalue weighted by molar-refractivity contribution is 0.105. The number of ether oxygens (including phenoxy) is 1. The van der Waals surface area contributed by atoms with Crippen LogP contribution in [0.4, 0.5) is 0 Å². The highest BCUT2D eigenvalue weighted by Gasteiger charge is 2.12. The van der Waals surface area contributed by atoms with Crippen LogP contribution in [0.1, 0.15) is 38.6 Å². The second kappa shape index (κ2) is 6.40. The van der Waals surface area contributed by atoms with Crippen molar-refractivity contribution in [3.8, 4) is 0 Å². The molecule has 3 nitrogen and oxygen atoms in total. The molecule has 0 N–H and O–H groups in total. The Bertz CT molecular complexity index is 334. The first-order chi connectivity index (χ1) is 7.56. The van der Waals surface area contributed by atoms with Gasteiger partial charge in [-0.1, -0.05) is 20.8 Å². The van der Waals surface area contributed by atoms with E-state index in [0.717, 1.165) is 35.3 Å². The number of hydrogen-bond donors (Lipinski definition) is 0. The third-order valence-corrected chi connectivity index (χ3v) is 3.50. The number of rotatable bonds is 6. The van der Waals surface area contributed by atoms with Gasteiger partial charge in [-0.3, -0.25) is 4.68 Å². The van der Waals surface area contributed by atoms with Gasteiger partial charge in [0.05, 0.1) is 22.5 Å². The molecule has 0 spiro atoms. The van der Waals surface area contributed by atoms with Crippen molar-refractivity contribution in [2.24, 2.45) is 13.0 Å². The van der Waals surface area contributed by atoms with Gasteiger partial charge in [0, 0.05) is 13.7 Å². The molecule has 0 aliphatic rings. The summed E-state index contributed by atoms with van der Waals surface area (Å²) in [6.45, 7) is 7.97. The maximum absolute atomic E-state index is 5.66. The van der Waals surface area contributed by atoms with Gasteiger partial charge in [0.15, 0.2) is 0 Å². The molecule has 0 atom stereocenters. The molecule has 1 aromatic rings. The molecule has 92 valence electrons. The van der Waals surface area contributed by atoms with Crippen LogP contribution in [0.5, 0.6) is 0 Å². The van der Waals surface area contributed by atoms with Crippen LogP contribution in [0.25, 0.3) is 0 Å². The van der Waals surface area contributed by atoms with Crippen LogP contribution >= 0.6 is 15.9 Å². The smallest absolute Gasteiger partial charge is 0.0896 e. The number of hydrogen-bond acceptors (Lipinski definition) is 2. The van der Waals surface area contributed by atoms with Crippen LogP contribution in [0.3, 0.4) is 0 Å². The fourth-order valence-electron chi connectivity index (χ4n) is 1.46. The topological polar surface area (TPSA) is 27.1 Å². The van der Waals surface area contributed by atoms with E-state index in [1.807, 2.05) is 11.7 Å². The van der Waals surface area contributed by atoms with Crippen LogP contribution in [0, 0.1) is 5.92 Å². The van der Waals surface area contributed by atoms with Crippen molar-refractivity contribution in [1.82, 2.24) is 9.78 Å². The minimum atomic E-state index is 0.636. The molecule has 0 amide bonds. The molecule has 0 radical (unpaired) electrons. The third kappa shape index (κ3) is 3.59. The van der Waals surface area contributed by atoms with Crippen molar-refractivity contribution in [3.63, 3.8) is 0 Å². The first kappa shape index (κ1) is 13.7. The summed E-state index contributed by atoms with van der Waals surface area (Å²) < 4.78 is 8.66. The van der Waals surface area contributed by atoms with E-state index in [9.17, 15) is 0 Å². The van der Waals surface area contributed by atoms with Gasteiger partial charge in [-0.05, 0) is 34.7 Å². The summed E-state index contributed by atoms with van der Waals surface area (Å²) in [6.07, 6.45) is 2.05. The van der Waals surface area contributed by atoms with E-state index in [2.05, 4.69) is 41.8 Å². The summed E-state index contributed by atoms with van der Waals surface area (Å²) in [6, 6.07) is 0. The van der Waals surface area contributed by atoms with E-state index >= 15 is 0 Å². The molecular weight excluding hydrogens is 268 g/mol. The van der Waals surface area contributed by atoms with E-state index in [1.165, 1.54) is 0 Å². The van der Waals surface area contributed by atoms with E-state index in [1.54, 1.807) is 0 Å². The Morgan fingerprint density at radius 2 is 2.12 bits per heavy atom. The highest BCUT2D eigenvalue weighted by Crippen LogP contribution is 2.22. The molecule has 0 fully saturated rings. The zero-order valence-electron chi connectivity index (χ0n) is 10.6. The van der Waals surface area contributed by atoms with Gasteiger partial charge >= 0.3 is 0 Å². The Hall–Kier alpha value is -0.350. The van der Waals surface area contributed by atoms with Gasteiger partial charge in [0.2, 0.25) is 0 Å². The Morgan fingerprint density at radius 1 is 1.44 bits per heavy atom. The van der Waals surface area contributed by atoms with Crippen molar-refractivity contribution in [1.29, 1.82) is 0 Å². The monoisotopic (exact) mass is 288 g/mol. The van der Waals surface area contributed by atoms with Gasteiger partial charge in [-0.25, -0.2) is 0 Å². The number of halogens is 1. The lowest BCUT2D eigenvalue weighted by Crippen LogP contribution is -2.04. The molecule has 1 aromatic heterocycles. The lowest BCUT2D eigenvalue weighted by atomic mass is 10.1. The predicted octanol–water partition coefficient (Wildman–Crippen LogP) is 3.31. The summed E-state index contributed by atoms with van der Waals surface area (Å²) in [7, 11) is 1.96. The summed E-state index contributed by atoms with van der Waals surface area (Å²) >= 11 is 3.58. The van der Waals surface area contributed by atoms with Crippen molar-refractivity contribution in [3.05, 3.63) is 15.9 Å². The first-order valence-electron chi connectivity index (χ1n) is 5.84. The van der Waals surface area contributed by atoms with Crippen LogP contribution < -0.4 is 0 Å². The van der Waals surface area contributed by atoms with Crippen LogP contribution in [0.15, 0.2) is 4.47 Å². The van der Waals surface area contributed by atoms with Crippen LogP contribution in [0.2, 0.25) is 0 Å². The minimum absolute atomic E-state index is 0.636. The Kier molecular flexibility index (Phi) is 5.49. The Labute approximate surface area is 106 Å². The molecule has 16 heavy (non-hydrogen) atoms. The number of nitrogens with zero attached hydrogens (tertiary/aromatic N) is 2. The van der Waals surface area contributed by atoms with Crippen LogP contribution in [-0.2, 0) is 24.8 Å². The van der Waals surface area contributed by atoms with Gasteiger partial charge in [0.1, 0.15) is 0 Å². The molecule has 0 aliphatic heterocycles. The zero-order chi connectivity index (χ0) is 12.1. The second-order valence-electron chi connectivity index (χ2n) is 4.42. The Morgan fingerprint density at radius 3 is 2.62 bits per heavy atom. The van der Waals surface area contributed by atoms with Crippen molar-refractivity contribution in [2.75, 3.05) is 6.61 Å². The molecule has 0 bridgehead atoms. The number of aryl methyl sites for hydroxylation is 2. The maximum Gasteiger partial charge on any atom is 0.0896 e.